The Labute approximate surface area is 105 Å². The fraction of sp³-hybridized carbons (Fsp3) is 1.00. The van der Waals surface area contributed by atoms with Crippen molar-refractivity contribution in [3.8, 4) is 0 Å². The molecule has 0 bridgehead atoms. The third kappa shape index (κ3) is 5.84. The summed E-state index contributed by atoms with van der Waals surface area (Å²) in [6.45, 7) is 5.44. The molecule has 1 atom stereocenters. The van der Waals surface area contributed by atoms with E-state index in [-0.39, 0.29) is 23.0 Å². The lowest BCUT2D eigenvalue weighted by Gasteiger charge is -2.22. The van der Waals surface area contributed by atoms with Crippen LogP contribution in [0.3, 0.4) is 0 Å². The standard InChI is InChI=1S/C12H25NO3S/c1-12(2,10-13)6-4-8-17(14,15)9-11-5-3-7-16-11/h11H,3-10,13H2,1-2H3. The summed E-state index contributed by atoms with van der Waals surface area (Å²) in [5, 5.41) is 0. The quantitative estimate of drug-likeness (QED) is 0.752. The van der Waals surface area contributed by atoms with Crippen molar-refractivity contribution >= 4 is 9.84 Å². The van der Waals surface area contributed by atoms with Crippen molar-refractivity contribution in [2.45, 2.75) is 45.6 Å². The van der Waals surface area contributed by atoms with Crippen LogP contribution in [0.15, 0.2) is 0 Å². The van der Waals surface area contributed by atoms with Crippen molar-refractivity contribution in [3.05, 3.63) is 0 Å². The minimum absolute atomic E-state index is 0.0411. The van der Waals surface area contributed by atoms with Crippen molar-refractivity contribution in [2.75, 3.05) is 24.7 Å². The molecule has 1 fully saturated rings. The summed E-state index contributed by atoms with van der Waals surface area (Å²) in [6, 6.07) is 0. The lowest BCUT2D eigenvalue weighted by Crippen LogP contribution is -2.26. The molecule has 5 heteroatoms. The van der Waals surface area contributed by atoms with E-state index in [1.54, 1.807) is 0 Å². The SMILES string of the molecule is CC(C)(CN)CCCS(=O)(=O)CC1CCCO1. The number of hydrogen-bond donors (Lipinski definition) is 1. The number of ether oxygens (including phenoxy) is 1. The molecule has 0 aliphatic carbocycles. The van der Waals surface area contributed by atoms with E-state index in [0.29, 0.717) is 19.6 Å². The topological polar surface area (TPSA) is 69.4 Å². The van der Waals surface area contributed by atoms with E-state index in [4.69, 9.17) is 10.5 Å². The van der Waals surface area contributed by atoms with Gasteiger partial charge < -0.3 is 10.5 Å². The largest absolute Gasteiger partial charge is 0.377 e. The molecule has 1 unspecified atom stereocenters. The van der Waals surface area contributed by atoms with Crippen LogP contribution in [0.5, 0.6) is 0 Å². The van der Waals surface area contributed by atoms with E-state index in [0.717, 1.165) is 19.3 Å². The fourth-order valence-electron chi connectivity index (χ4n) is 2.02. The first-order chi connectivity index (χ1) is 7.85. The van der Waals surface area contributed by atoms with Gasteiger partial charge in [0.1, 0.15) is 0 Å². The molecule has 0 radical (unpaired) electrons. The van der Waals surface area contributed by atoms with Gasteiger partial charge in [0.05, 0.1) is 17.6 Å². The van der Waals surface area contributed by atoms with Gasteiger partial charge in [-0.05, 0) is 37.6 Å². The first-order valence-electron chi connectivity index (χ1n) is 6.37. The van der Waals surface area contributed by atoms with E-state index in [2.05, 4.69) is 13.8 Å². The molecule has 1 aliphatic heterocycles. The maximum absolute atomic E-state index is 11.8. The summed E-state index contributed by atoms with van der Waals surface area (Å²) in [5.74, 6) is 0.451. The Bertz CT molecular complexity index is 319. The summed E-state index contributed by atoms with van der Waals surface area (Å²) in [5.41, 5.74) is 5.66. The van der Waals surface area contributed by atoms with Gasteiger partial charge in [-0.25, -0.2) is 8.42 Å². The molecule has 4 nitrogen and oxygen atoms in total. The average molecular weight is 263 g/mol. The van der Waals surface area contributed by atoms with Gasteiger partial charge in [0.15, 0.2) is 9.84 Å². The maximum atomic E-state index is 11.8. The normalized spacial score (nSPS) is 21.9. The predicted octanol–water partition coefficient (Wildman–Crippen LogP) is 1.35. The molecule has 0 aromatic rings. The van der Waals surface area contributed by atoms with Gasteiger partial charge in [0.2, 0.25) is 0 Å². The van der Waals surface area contributed by atoms with Gasteiger partial charge in [-0.2, -0.15) is 0 Å². The van der Waals surface area contributed by atoms with Crippen LogP contribution >= 0.6 is 0 Å². The van der Waals surface area contributed by atoms with Crippen LogP contribution in [0, 0.1) is 5.41 Å². The highest BCUT2D eigenvalue weighted by Crippen LogP contribution is 2.21. The molecule has 2 N–H and O–H groups in total. The fourth-order valence-corrected chi connectivity index (χ4v) is 3.60. The Balaban J connectivity index is 2.29. The molecule has 1 rings (SSSR count). The maximum Gasteiger partial charge on any atom is 0.152 e. The summed E-state index contributed by atoms with van der Waals surface area (Å²) in [4.78, 5) is 0. The van der Waals surface area contributed by atoms with Crippen LogP contribution in [0.25, 0.3) is 0 Å². The minimum Gasteiger partial charge on any atom is -0.377 e. The lowest BCUT2D eigenvalue weighted by molar-refractivity contribution is 0.127. The van der Waals surface area contributed by atoms with Crippen molar-refractivity contribution < 1.29 is 13.2 Å². The van der Waals surface area contributed by atoms with Crippen molar-refractivity contribution in [3.63, 3.8) is 0 Å². The molecular weight excluding hydrogens is 238 g/mol. The molecule has 1 saturated heterocycles. The molecule has 0 amide bonds. The third-order valence-electron chi connectivity index (χ3n) is 3.33. The highest BCUT2D eigenvalue weighted by atomic mass is 32.2. The van der Waals surface area contributed by atoms with E-state index in [1.165, 1.54) is 0 Å². The van der Waals surface area contributed by atoms with Crippen molar-refractivity contribution in [1.29, 1.82) is 0 Å². The van der Waals surface area contributed by atoms with Crippen LogP contribution in [-0.2, 0) is 14.6 Å². The Morgan fingerprint density at radius 1 is 1.41 bits per heavy atom. The van der Waals surface area contributed by atoms with Gasteiger partial charge in [0.25, 0.3) is 0 Å². The molecule has 1 heterocycles. The second-order valence-corrected chi connectivity index (χ2v) is 7.95. The number of hydrogen-bond acceptors (Lipinski definition) is 4. The molecule has 0 saturated carbocycles. The first kappa shape index (κ1) is 14.9. The second kappa shape index (κ2) is 6.16. The predicted molar refractivity (Wildman–Crippen MR) is 69.7 cm³/mol. The summed E-state index contributed by atoms with van der Waals surface area (Å²) < 4.78 is 29.1. The van der Waals surface area contributed by atoms with Gasteiger partial charge in [0, 0.05) is 6.61 Å². The van der Waals surface area contributed by atoms with E-state index >= 15 is 0 Å². The summed E-state index contributed by atoms with van der Waals surface area (Å²) in [7, 11) is -2.96. The minimum atomic E-state index is -2.96. The molecule has 0 aromatic heterocycles. The third-order valence-corrected chi connectivity index (χ3v) is 5.12. The van der Waals surface area contributed by atoms with Crippen LogP contribution < -0.4 is 5.73 Å². The summed E-state index contributed by atoms with van der Waals surface area (Å²) >= 11 is 0. The lowest BCUT2D eigenvalue weighted by atomic mass is 9.88. The second-order valence-electron chi connectivity index (χ2n) is 5.72. The molecule has 0 spiro atoms. The Morgan fingerprint density at radius 2 is 2.12 bits per heavy atom. The highest BCUT2D eigenvalue weighted by molar-refractivity contribution is 7.91. The van der Waals surface area contributed by atoms with Gasteiger partial charge in [-0.3, -0.25) is 0 Å². The molecule has 0 aromatic carbocycles. The van der Waals surface area contributed by atoms with Gasteiger partial charge >= 0.3 is 0 Å². The van der Waals surface area contributed by atoms with Crippen molar-refractivity contribution in [1.82, 2.24) is 0 Å². The van der Waals surface area contributed by atoms with Crippen LogP contribution in [-0.4, -0.2) is 39.2 Å². The Kier molecular flexibility index (Phi) is 5.41. The Morgan fingerprint density at radius 3 is 2.65 bits per heavy atom. The van der Waals surface area contributed by atoms with E-state index in [9.17, 15) is 8.42 Å². The van der Waals surface area contributed by atoms with Crippen molar-refractivity contribution in [2.24, 2.45) is 11.1 Å². The van der Waals surface area contributed by atoms with Crippen LogP contribution in [0.4, 0.5) is 0 Å². The zero-order valence-corrected chi connectivity index (χ0v) is 11.8. The van der Waals surface area contributed by atoms with Gasteiger partial charge in [-0.1, -0.05) is 13.8 Å². The number of rotatable bonds is 7. The molecular formula is C12H25NO3S. The van der Waals surface area contributed by atoms with E-state index in [1.807, 2.05) is 0 Å². The van der Waals surface area contributed by atoms with Crippen LogP contribution in [0.1, 0.15) is 39.5 Å². The monoisotopic (exact) mass is 263 g/mol. The first-order valence-corrected chi connectivity index (χ1v) is 8.19. The zero-order valence-electron chi connectivity index (χ0n) is 10.9. The highest BCUT2D eigenvalue weighted by Gasteiger charge is 2.24. The van der Waals surface area contributed by atoms with Crippen LogP contribution in [0.2, 0.25) is 0 Å². The molecule has 17 heavy (non-hydrogen) atoms. The Hall–Kier alpha value is -0.130. The average Bonchev–Trinajstić information content (AvgIpc) is 2.69. The molecule has 102 valence electrons. The smallest absolute Gasteiger partial charge is 0.152 e. The zero-order chi connectivity index (χ0) is 12.9. The van der Waals surface area contributed by atoms with E-state index < -0.39 is 9.84 Å². The number of nitrogens with two attached hydrogens (primary N) is 1. The molecule has 1 aliphatic rings. The summed E-state index contributed by atoms with van der Waals surface area (Å²) in [6.07, 6.45) is 3.35. The van der Waals surface area contributed by atoms with Gasteiger partial charge in [-0.15, -0.1) is 0 Å². The number of sulfone groups is 1.